The van der Waals surface area contributed by atoms with Crippen LogP contribution in [0.1, 0.15) is 76.7 Å². The number of esters is 1. The lowest BCUT2D eigenvalue weighted by molar-refractivity contribution is -0.134. The Balaban J connectivity index is 2.28. The van der Waals surface area contributed by atoms with E-state index in [-0.39, 0.29) is 17.5 Å². The van der Waals surface area contributed by atoms with E-state index in [0.29, 0.717) is 24.4 Å². The lowest BCUT2D eigenvalue weighted by atomic mass is 10.1. The van der Waals surface area contributed by atoms with Crippen molar-refractivity contribution >= 4 is 5.97 Å². The Morgan fingerprint density at radius 1 is 1.10 bits per heavy atom. The lowest BCUT2D eigenvalue weighted by Gasteiger charge is -2.04. The smallest absolute Gasteiger partial charge is 0.311 e. The second-order valence-corrected chi connectivity index (χ2v) is 5.46. The number of unbranched alkanes of at least 4 members (excludes halogenated alkanes) is 6. The first-order valence-corrected chi connectivity index (χ1v) is 8.12. The van der Waals surface area contributed by atoms with E-state index in [1.54, 1.807) is 6.92 Å². The largest absolute Gasteiger partial charge is 0.502 e. The third kappa shape index (κ3) is 5.82. The Kier molecular flexibility index (Phi) is 7.95. The number of aryl methyl sites for hydroxylation is 2. The molecule has 0 aliphatic rings. The number of rotatable bonds is 10. The molecule has 0 spiro atoms. The van der Waals surface area contributed by atoms with Crippen molar-refractivity contribution in [2.45, 2.75) is 78.6 Å². The average Bonchev–Trinajstić information content (AvgIpc) is 2.74. The minimum absolute atomic E-state index is 0.0558. The van der Waals surface area contributed by atoms with Gasteiger partial charge in [0, 0.05) is 12.8 Å². The predicted octanol–water partition coefficient (Wildman–Crippen LogP) is 4.90. The maximum absolute atomic E-state index is 11.8. The minimum atomic E-state index is -0.297. The highest BCUT2D eigenvalue weighted by Gasteiger charge is 2.20. The fourth-order valence-corrected chi connectivity index (χ4v) is 2.30. The van der Waals surface area contributed by atoms with Gasteiger partial charge in [-0.2, -0.15) is 0 Å². The van der Waals surface area contributed by atoms with Gasteiger partial charge in [0.05, 0.1) is 0 Å². The molecule has 0 unspecified atom stereocenters. The van der Waals surface area contributed by atoms with Gasteiger partial charge in [0.15, 0.2) is 5.76 Å². The van der Waals surface area contributed by atoms with E-state index in [9.17, 15) is 9.90 Å². The van der Waals surface area contributed by atoms with Crippen LogP contribution in [0.5, 0.6) is 11.5 Å². The standard InChI is InChI=1S/C17H28O4/c1-4-6-7-8-9-10-11-12-15(18)21-17-14(5-2)20-13(3)16(17)19/h19H,4-12H2,1-3H3. The van der Waals surface area contributed by atoms with Crippen molar-refractivity contribution in [3.05, 3.63) is 11.5 Å². The zero-order chi connectivity index (χ0) is 15.7. The monoisotopic (exact) mass is 296 g/mol. The Labute approximate surface area is 127 Å². The molecule has 0 aliphatic carbocycles. The molecule has 21 heavy (non-hydrogen) atoms. The Hall–Kier alpha value is -1.45. The van der Waals surface area contributed by atoms with Crippen LogP contribution in [0.4, 0.5) is 0 Å². The normalized spacial score (nSPS) is 10.8. The minimum Gasteiger partial charge on any atom is -0.502 e. The zero-order valence-electron chi connectivity index (χ0n) is 13.5. The van der Waals surface area contributed by atoms with Crippen LogP contribution in [0.15, 0.2) is 4.42 Å². The van der Waals surface area contributed by atoms with Crippen molar-refractivity contribution in [3.63, 3.8) is 0 Å². The van der Waals surface area contributed by atoms with E-state index >= 15 is 0 Å². The first-order valence-electron chi connectivity index (χ1n) is 8.12. The first-order chi connectivity index (χ1) is 10.1. The van der Waals surface area contributed by atoms with Crippen LogP contribution >= 0.6 is 0 Å². The number of carbonyl (C=O) groups is 1. The Morgan fingerprint density at radius 3 is 2.33 bits per heavy atom. The van der Waals surface area contributed by atoms with Crippen molar-refractivity contribution in [2.24, 2.45) is 0 Å². The molecular weight excluding hydrogens is 268 g/mol. The molecule has 120 valence electrons. The van der Waals surface area contributed by atoms with Crippen LogP contribution in [-0.4, -0.2) is 11.1 Å². The van der Waals surface area contributed by atoms with Crippen LogP contribution in [-0.2, 0) is 11.2 Å². The van der Waals surface area contributed by atoms with Gasteiger partial charge in [-0.3, -0.25) is 4.79 Å². The molecule has 0 bridgehead atoms. The summed E-state index contributed by atoms with van der Waals surface area (Å²) in [4.78, 5) is 11.8. The van der Waals surface area contributed by atoms with Gasteiger partial charge >= 0.3 is 5.97 Å². The highest BCUT2D eigenvalue weighted by atomic mass is 16.6. The van der Waals surface area contributed by atoms with Gasteiger partial charge in [-0.1, -0.05) is 52.4 Å². The molecule has 0 aliphatic heterocycles. The fraction of sp³-hybridized carbons (Fsp3) is 0.706. The van der Waals surface area contributed by atoms with Crippen LogP contribution in [0.3, 0.4) is 0 Å². The molecule has 0 saturated carbocycles. The SMILES string of the molecule is CCCCCCCCCC(=O)Oc1c(CC)oc(C)c1O. The summed E-state index contributed by atoms with van der Waals surface area (Å²) in [5, 5.41) is 9.82. The highest BCUT2D eigenvalue weighted by molar-refractivity contribution is 5.73. The molecule has 0 saturated heterocycles. The Bertz CT molecular complexity index is 434. The maximum Gasteiger partial charge on any atom is 0.311 e. The Morgan fingerprint density at radius 2 is 1.71 bits per heavy atom. The number of furan rings is 1. The molecule has 0 fully saturated rings. The number of ether oxygens (including phenoxy) is 1. The van der Waals surface area contributed by atoms with E-state index in [2.05, 4.69) is 6.92 Å². The maximum atomic E-state index is 11.8. The number of hydrogen-bond donors (Lipinski definition) is 1. The number of hydrogen-bond acceptors (Lipinski definition) is 4. The topological polar surface area (TPSA) is 59.7 Å². The summed E-state index contributed by atoms with van der Waals surface area (Å²) in [5.41, 5.74) is 0. The molecule has 4 heteroatoms. The molecule has 1 heterocycles. The van der Waals surface area contributed by atoms with Crippen molar-refractivity contribution in [2.75, 3.05) is 0 Å². The quantitative estimate of drug-likeness (QED) is 0.492. The molecule has 1 aromatic rings. The number of aromatic hydroxyl groups is 1. The van der Waals surface area contributed by atoms with Crippen molar-refractivity contribution in [1.82, 2.24) is 0 Å². The molecular formula is C17H28O4. The van der Waals surface area contributed by atoms with Gasteiger partial charge in [0.2, 0.25) is 11.5 Å². The summed E-state index contributed by atoms with van der Waals surface area (Å²) < 4.78 is 10.6. The van der Waals surface area contributed by atoms with Gasteiger partial charge in [-0.25, -0.2) is 0 Å². The molecule has 0 atom stereocenters. The van der Waals surface area contributed by atoms with E-state index < -0.39 is 0 Å². The van der Waals surface area contributed by atoms with Gasteiger partial charge in [-0.15, -0.1) is 0 Å². The third-order valence-electron chi connectivity index (χ3n) is 3.60. The molecule has 1 rings (SSSR count). The molecule has 4 nitrogen and oxygen atoms in total. The average molecular weight is 296 g/mol. The summed E-state index contributed by atoms with van der Waals surface area (Å²) in [7, 11) is 0. The predicted molar refractivity (Wildman–Crippen MR) is 82.7 cm³/mol. The van der Waals surface area contributed by atoms with Crippen LogP contribution in [0.25, 0.3) is 0 Å². The van der Waals surface area contributed by atoms with E-state index in [1.165, 1.54) is 32.1 Å². The fourth-order valence-electron chi connectivity index (χ4n) is 2.30. The summed E-state index contributed by atoms with van der Waals surface area (Å²) in [6.07, 6.45) is 9.10. The summed E-state index contributed by atoms with van der Waals surface area (Å²) in [6, 6.07) is 0. The first kappa shape index (κ1) is 17.6. The third-order valence-corrected chi connectivity index (χ3v) is 3.60. The lowest BCUT2D eigenvalue weighted by Crippen LogP contribution is -2.08. The summed E-state index contributed by atoms with van der Waals surface area (Å²) in [6.45, 7) is 5.75. The van der Waals surface area contributed by atoms with Gasteiger partial charge in [0.1, 0.15) is 5.76 Å². The molecule has 1 aromatic heterocycles. The van der Waals surface area contributed by atoms with E-state index in [0.717, 1.165) is 12.8 Å². The van der Waals surface area contributed by atoms with Gasteiger partial charge in [0.25, 0.3) is 0 Å². The summed E-state index contributed by atoms with van der Waals surface area (Å²) in [5.74, 6) is 0.764. The molecule has 0 radical (unpaired) electrons. The van der Waals surface area contributed by atoms with Crippen molar-refractivity contribution in [3.8, 4) is 11.5 Å². The highest BCUT2D eigenvalue weighted by Crippen LogP contribution is 2.37. The van der Waals surface area contributed by atoms with Crippen LogP contribution in [0, 0.1) is 6.92 Å². The second-order valence-electron chi connectivity index (χ2n) is 5.46. The van der Waals surface area contributed by atoms with E-state index in [4.69, 9.17) is 9.15 Å². The van der Waals surface area contributed by atoms with Crippen molar-refractivity contribution in [1.29, 1.82) is 0 Å². The summed E-state index contributed by atoms with van der Waals surface area (Å²) >= 11 is 0. The second kappa shape index (κ2) is 9.48. The molecule has 0 aromatic carbocycles. The number of carbonyl (C=O) groups excluding carboxylic acids is 1. The zero-order valence-corrected chi connectivity index (χ0v) is 13.5. The molecule has 0 amide bonds. The van der Waals surface area contributed by atoms with Gasteiger partial charge in [-0.05, 0) is 13.3 Å². The van der Waals surface area contributed by atoms with Crippen molar-refractivity contribution < 1.29 is 19.1 Å². The van der Waals surface area contributed by atoms with Gasteiger partial charge < -0.3 is 14.3 Å². The molecule has 1 N–H and O–H groups in total. The van der Waals surface area contributed by atoms with Crippen LogP contribution in [0.2, 0.25) is 0 Å². The van der Waals surface area contributed by atoms with E-state index in [1.807, 2.05) is 6.92 Å². The van der Waals surface area contributed by atoms with Crippen LogP contribution < -0.4 is 4.74 Å².